The maximum absolute atomic E-state index is 6.09. The number of hydrogen-bond donors (Lipinski definition) is 1. The van der Waals surface area contributed by atoms with E-state index in [-0.39, 0.29) is 6.04 Å². The highest BCUT2D eigenvalue weighted by atomic mass is 16.5. The molecule has 0 radical (unpaired) electrons. The molecule has 3 rings (SSSR count). The van der Waals surface area contributed by atoms with E-state index in [0.29, 0.717) is 5.89 Å². The van der Waals surface area contributed by atoms with Crippen LogP contribution in [0.4, 0.5) is 5.95 Å². The number of aromatic nitrogens is 2. The van der Waals surface area contributed by atoms with Gasteiger partial charge in [0.15, 0.2) is 0 Å². The van der Waals surface area contributed by atoms with Gasteiger partial charge in [-0.15, -0.1) is 0 Å². The number of nitrogens with two attached hydrogens (primary N) is 1. The van der Waals surface area contributed by atoms with Crippen LogP contribution in [0.15, 0.2) is 4.52 Å². The lowest BCUT2D eigenvalue weighted by Crippen LogP contribution is -2.25. The van der Waals surface area contributed by atoms with Gasteiger partial charge in [0.25, 0.3) is 5.95 Å². The first-order valence-corrected chi connectivity index (χ1v) is 7.17. The van der Waals surface area contributed by atoms with E-state index in [1.165, 1.54) is 38.5 Å². The second-order valence-electron chi connectivity index (χ2n) is 5.62. The van der Waals surface area contributed by atoms with Crippen LogP contribution in [0.5, 0.6) is 0 Å². The smallest absolute Gasteiger partial charge is 0.266 e. The van der Waals surface area contributed by atoms with E-state index in [1.54, 1.807) is 0 Å². The molecule has 2 heterocycles. The molecular weight excluding hydrogens is 228 g/mol. The molecule has 2 aliphatic rings. The van der Waals surface area contributed by atoms with Crippen molar-refractivity contribution in [3.8, 4) is 0 Å². The Bertz CT molecular complexity index is 380. The van der Waals surface area contributed by atoms with Gasteiger partial charge in [-0.1, -0.05) is 25.7 Å². The molecule has 2 N–H and O–H groups in total. The van der Waals surface area contributed by atoms with E-state index in [4.69, 9.17) is 10.3 Å². The SMILES string of the molecule is N[C@@H](CC1CC1)c1nc(N2CCCCCC2)no1. The molecule has 0 amide bonds. The minimum atomic E-state index is -0.0780. The van der Waals surface area contributed by atoms with Gasteiger partial charge < -0.3 is 15.2 Å². The average molecular weight is 250 g/mol. The summed E-state index contributed by atoms with van der Waals surface area (Å²) in [6.07, 6.45) is 8.66. The van der Waals surface area contributed by atoms with Crippen LogP contribution in [0.3, 0.4) is 0 Å². The molecule has 1 saturated heterocycles. The monoisotopic (exact) mass is 250 g/mol. The number of hydrogen-bond acceptors (Lipinski definition) is 5. The van der Waals surface area contributed by atoms with E-state index in [2.05, 4.69) is 15.0 Å². The summed E-state index contributed by atoms with van der Waals surface area (Å²) in [7, 11) is 0. The fraction of sp³-hybridized carbons (Fsp3) is 0.846. The zero-order chi connectivity index (χ0) is 12.4. The Morgan fingerprint density at radius 2 is 1.94 bits per heavy atom. The topological polar surface area (TPSA) is 68.2 Å². The molecule has 18 heavy (non-hydrogen) atoms. The summed E-state index contributed by atoms with van der Waals surface area (Å²) < 4.78 is 5.32. The molecule has 1 atom stereocenters. The summed E-state index contributed by atoms with van der Waals surface area (Å²) in [5, 5.41) is 4.09. The Morgan fingerprint density at radius 1 is 1.22 bits per heavy atom. The molecule has 1 aliphatic carbocycles. The standard InChI is InChI=1S/C13H22N4O/c14-11(9-10-5-6-10)12-15-13(16-18-12)17-7-3-1-2-4-8-17/h10-11H,1-9,14H2/t11-/m0/s1. The van der Waals surface area contributed by atoms with E-state index < -0.39 is 0 Å². The molecule has 0 aromatic carbocycles. The Hall–Kier alpha value is -1.10. The van der Waals surface area contributed by atoms with Crippen LogP contribution in [-0.2, 0) is 0 Å². The zero-order valence-electron chi connectivity index (χ0n) is 10.8. The predicted octanol–water partition coefficient (Wildman–Crippen LogP) is 2.25. The summed E-state index contributed by atoms with van der Waals surface area (Å²) in [5.74, 6) is 2.13. The van der Waals surface area contributed by atoms with Crippen molar-refractivity contribution in [3.63, 3.8) is 0 Å². The van der Waals surface area contributed by atoms with Gasteiger partial charge in [-0.3, -0.25) is 0 Å². The third-order valence-electron chi connectivity index (χ3n) is 3.92. The highest BCUT2D eigenvalue weighted by Crippen LogP contribution is 2.36. The Labute approximate surface area is 108 Å². The lowest BCUT2D eigenvalue weighted by atomic mass is 10.1. The largest absolute Gasteiger partial charge is 0.338 e. The fourth-order valence-electron chi connectivity index (χ4n) is 2.59. The fourth-order valence-corrected chi connectivity index (χ4v) is 2.59. The van der Waals surface area contributed by atoms with Crippen molar-refractivity contribution in [1.82, 2.24) is 10.1 Å². The maximum Gasteiger partial charge on any atom is 0.266 e. The number of nitrogens with zero attached hydrogens (tertiary/aromatic N) is 3. The van der Waals surface area contributed by atoms with Crippen molar-refractivity contribution in [1.29, 1.82) is 0 Å². The molecule has 5 heteroatoms. The van der Waals surface area contributed by atoms with Crippen LogP contribution in [0, 0.1) is 5.92 Å². The molecule has 1 saturated carbocycles. The summed E-state index contributed by atoms with van der Waals surface area (Å²) in [5.41, 5.74) is 6.09. The molecule has 1 aromatic heterocycles. The Kier molecular flexibility index (Phi) is 3.50. The van der Waals surface area contributed by atoms with Gasteiger partial charge in [-0.05, 0) is 30.3 Å². The van der Waals surface area contributed by atoms with Crippen molar-refractivity contribution >= 4 is 5.95 Å². The molecule has 2 fully saturated rings. The number of rotatable bonds is 4. The molecule has 0 spiro atoms. The minimum Gasteiger partial charge on any atom is -0.338 e. The molecule has 0 unspecified atom stereocenters. The summed E-state index contributed by atoms with van der Waals surface area (Å²) in [6.45, 7) is 2.08. The first kappa shape index (κ1) is 12.0. The van der Waals surface area contributed by atoms with Crippen LogP contribution in [0.2, 0.25) is 0 Å². The van der Waals surface area contributed by atoms with E-state index >= 15 is 0 Å². The van der Waals surface area contributed by atoms with E-state index in [1.807, 2.05) is 0 Å². The van der Waals surface area contributed by atoms with Crippen LogP contribution >= 0.6 is 0 Å². The van der Waals surface area contributed by atoms with Crippen molar-refractivity contribution in [2.24, 2.45) is 11.7 Å². The second-order valence-corrected chi connectivity index (χ2v) is 5.62. The Morgan fingerprint density at radius 3 is 2.61 bits per heavy atom. The van der Waals surface area contributed by atoms with Gasteiger partial charge in [-0.2, -0.15) is 4.98 Å². The lowest BCUT2D eigenvalue weighted by molar-refractivity contribution is 0.343. The molecular formula is C13H22N4O. The first-order valence-electron chi connectivity index (χ1n) is 7.17. The average Bonchev–Trinajstić information content (AvgIpc) is 3.11. The van der Waals surface area contributed by atoms with E-state index in [0.717, 1.165) is 31.4 Å². The number of anilines is 1. The summed E-state index contributed by atoms with van der Waals surface area (Å²) in [4.78, 5) is 6.71. The maximum atomic E-state index is 6.09. The third kappa shape index (κ3) is 2.83. The molecule has 0 bridgehead atoms. The van der Waals surface area contributed by atoms with E-state index in [9.17, 15) is 0 Å². The summed E-state index contributed by atoms with van der Waals surface area (Å²) >= 11 is 0. The molecule has 1 aliphatic heterocycles. The van der Waals surface area contributed by atoms with Crippen LogP contribution in [0.1, 0.15) is 56.9 Å². The highest BCUT2D eigenvalue weighted by Gasteiger charge is 2.27. The molecule has 1 aromatic rings. The quantitative estimate of drug-likeness (QED) is 0.887. The predicted molar refractivity (Wildman–Crippen MR) is 69.2 cm³/mol. The normalized spacial score (nSPS) is 22.8. The first-order chi connectivity index (χ1) is 8.83. The van der Waals surface area contributed by atoms with Gasteiger partial charge in [0.1, 0.15) is 0 Å². The minimum absolute atomic E-state index is 0.0780. The van der Waals surface area contributed by atoms with Gasteiger partial charge in [0.05, 0.1) is 6.04 Å². The van der Waals surface area contributed by atoms with Gasteiger partial charge in [0.2, 0.25) is 5.89 Å². The van der Waals surface area contributed by atoms with Crippen molar-refractivity contribution in [2.75, 3.05) is 18.0 Å². The third-order valence-corrected chi connectivity index (χ3v) is 3.92. The lowest BCUT2D eigenvalue weighted by Gasteiger charge is -2.16. The Balaban J connectivity index is 1.63. The van der Waals surface area contributed by atoms with Crippen LogP contribution in [0.25, 0.3) is 0 Å². The van der Waals surface area contributed by atoms with Crippen molar-refractivity contribution in [3.05, 3.63) is 5.89 Å². The van der Waals surface area contributed by atoms with Gasteiger partial charge >= 0.3 is 0 Å². The highest BCUT2D eigenvalue weighted by molar-refractivity contribution is 5.28. The van der Waals surface area contributed by atoms with Crippen LogP contribution in [-0.4, -0.2) is 23.2 Å². The van der Waals surface area contributed by atoms with Gasteiger partial charge in [0, 0.05) is 13.1 Å². The van der Waals surface area contributed by atoms with Crippen LogP contribution < -0.4 is 10.6 Å². The summed E-state index contributed by atoms with van der Waals surface area (Å²) in [6, 6.07) is -0.0780. The van der Waals surface area contributed by atoms with Gasteiger partial charge in [-0.25, -0.2) is 0 Å². The second kappa shape index (κ2) is 5.26. The van der Waals surface area contributed by atoms with Crippen molar-refractivity contribution in [2.45, 2.75) is 51.0 Å². The molecule has 5 nitrogen and oxygen atoms in total. The zero-order valence-corrected chi connectivity index (χ0v) is 10.8. The van der Waals surface area contributed by atoms with Crippen molar-refractivity contribution < 1.29 is 4.52 Å². The molecule has 100 valence electrons.